The number of rotatable bonds is 7. The third-order valence-corrected chi connectivity index (χ3v) is 3.93. The summed E-state index contributed by atoms with van der Waals surface area (Å²) in [6, 6.07) is 16.6. The summed E-state index contributed by atoms with van der Waals surface area (Å²) in [4.78, 5) is 24.1. The summed E-state index contributed by atoms with van der Waals surface area (Å²) in [7, 11) is 0. The summed E-state index contributed by atoms with van der Waals surface area (Å²) in [5, 5.41) is 4.44. The molecular weight excluding hydrogens is 401 g/mol. The number of halogens is 3. The number of hydrogen-bond donors (Lipinski definition) is 2. The van der Waals surface area contributed by atoms with Gasteiger partial charge in [-0.3, -0.25) is 9.59 Å². The lowest BCUT2D eigenvalue weighted by Crippen LogP contribution is -2.33. The minimum atomic E-state index is -4.61. The Morgan fingerprint density at radius 3 is 2.37 bits per heavy atom. The second-order valence-corrected chi connectivity index (χ2v) is 6.14. The summed E-state index contributed by atoms with van der Waals surface area (Å²) in [6.07, 6.45) is -4.61. The van der Waals surface area contributed by atoms with Crippen LogP contribution in [0.3, 0.4) is 0 Å². The Morgan fingerprint density at radius 1 is 0.933 bits per heavy atom. The molecule has 0 aliphatic heterocycles. The first-order valence-corrected chi connectivity index (χ1v) is 8.84. The van der Waals surface area contributed by atoms with Crippen LogP contribution in [0.5, 0.6) is 5.75 Å². The molecule has 0 aliphatic carbocycles. The molecule has 1 heterocycles. The van der Waals surface area contributed by atoms with Crippen molar-refractivity contribution in [2.24, 2.45) is 0 Å². The lowest BCUT2D eigenvalue weighted by molar-refractivity contribution is -0.137. The van der Waals surface area contributed by atoms with E-state index in [0.717, 1.165) is 12.1 Å². The van der Waals surface area contributed by atoms with Crippen LogP contribution in [0.4, 0.5) is 18.9 Å². The highest BCUT2D eigenvalue weighted by molar-refractivity contribution is 5.98. The van der Waals surface area contributed by atoms with Crippen LogP contribution in [0.1, 0.15) is 21.9 Å². The van der Waals surface area contributed by atoms with Gasteiger partial charge in [-0.15, -0.1) is 0 Å². The first kappa shape index (κ1) is 21.0. The first-order valence-electron chi connectivity index (χ1n) is 8.84. The van der Waals surface area contributed by atoms with Crippen LogP contribution in [-0.2, 0) is 17.6 Å². The lowest BCUT2D eigenvalue weighted by atomic mass is 10.1. The fourth-order valence-electron chi connectivity index (χ4n) is 2.53. The normalized spacial score (nSPS) is 11.0. The van der Waals surface area contributed by atoms with Gasteiger partial charge in [0.2, 0.25) is 5.91 Å². The van der Waals surface area contributed by atoms with Gasteiger partial charge >= 0.3 is 6.18 Å². The lowest BCUT2D eigenvalue weighted by Gasteiger charge is -2.13. The van der Waals surface area contributed by atoms with Gasteiger partial charge in [0, 0.05) is 0 Å². The number of benzene rings is 2. The van der Waals surface area contributed by atoms with Gasteiger partial charge < -0.3 is 19.8 Å². The van der Waals surface area contributed by atoms with Crippen LogP contribution in [0.2, 0.25) is 0 Å². The molecule has 9 heteroatoms. The molecule has 0 aliphatic rings. The van der Waals surface area contributed by atoms with Crippen molar-refractivity contribution < 1.29 is 31.9 Å². The molecule has 0 spiro atoms. The Kier molecular flexibility index (Phi) is 6.41. The van der Waals surface area contributed by atoms with Gasteiger partial charge in [0.05, 0.1) is 17.8 Å². The van der Waals surface area contributed by atoms with E-state index >= 15 is 0 Å². The molecule has 30 heavy (non-hydrogen) atoms. The monoisotopic (exact) mass is 418 g/mol. The summed E-state index contributed by atoms with van der Waals surface area (Å²) in [5.41, 5.74) is -1.36. The van der Waals surface area contributed by atoms with E-state index in [2.05, 4.69) is 10.6 Å². The van der Waals surface area contributed by atoms with E-state index in [1.807, 2.05) is 18.2 Å². The third-order valence-electron chi connectivity index (χ3n) is 3.93. The smallest absolute Gasteiger partial charge is 0.418 e. The number of para-hydroxylation sites is 2. The van der Waals surface area contributed by atoms with Crippen molar-refractivity contribution in [3.05, 3.63) is 83.8 Å². The molecule has 0 unspecified atom stereocenters. The number of anilines is 1. The van der Waals surface area contributed by atoms with Gasteiger partial charge in [0.25, 0.3) is 5.91 Å². The highest BCUT2D eigenvalue weighted by atomic mass is 19.4. The van der Waals surface area contributed by atoms with Gasteiger partial charge in [-0.1, -0.05) is 30.3 Å². The molecule has 3 rings (SSSR count). The second kappa shape index (κ2) is 9.17. The summed E-state index contributed by atoms with van der Waals surface area (Å²) < 4.78 is 49.8. The molecule has 0 atom stereocenters. The molecule has 2 aromatic carbocycles. The maximum absolute atomic E-state index is 13.0. The highest BCUT2D eigenvalue weighted by Gasteiger charge is 2.33. The number of amides is 2. The molecule has 2 N–H and O–H groups in total. The Balaban J connectivity index is 1.51. The van der Waals surface area contributed by atoms with E-state index in [0.29, 0.717) is 11.5 Å². The van der Waals surface area contributed by atoms with E-state index in [9.17, 15) is 22.8 Å². The molecule has 2 amide bonds. The highest BCUT2D eigenvalue weighted by Crippen LogP contribution is 2.34. The van der Waals surface area contributed by atoms with E-state index in [1.165, 1.54) is 18.2 Å². The van der Waals surface area contributed by atoms with Crippen LogP contribution >= 0.6 is 0 Å². The number of carbonyl (C=O) groups excluding carboxylic acids is 2. The minimum absolute atomic E-state index is 0.0508. The molecule has 0 saturated heterocycles. The predicted octanol–water partition coefficient (Wildman–Crippen LogP) is 4.25. The number of hydrogen-bond acceptors (Lipinski definition) is 4. The molecule has 0 bridgehead atoms. The Hall–Kier alpha value is -3.75. The van der Waals surface area contributed by atoms with Crippen LogP contribution in [0.25, 0.3) is 0 Å². The van der Waals surface area contributed by atoms with E-state index in [4.69, 9.17) is 9.15 Å². The Morgan fingerprint density at radius 2 is 1.63 bits per heavy atom. The van der Waals surface area contributed by atoms with Crippen molar-refractivity contribution in [2.75, 3.05) is 11.9 Å². The number of carbonyl (C=O) groups is 2. The zero-order valence-corrected chi connectivity index (χ0v) is 15.5. The van der Waals surface area contributed by atoms with E-state index < -0.39 is 30.1 Å². The fourth-order valence-corrected chi connectivity index (χ4v) is 2.53. The van der Waals surface area contributed by atoms with Gasteiger partial charge in [-0.25, -0.2) is 0 Å². The summed E-state index contributed by atoms with van der Waals surface area (Å²) in [6.45, 7) is -0.423. The fraction of sp³-hybridized carbons (Fsp3) is 0.143. The zero-order valence-electron chi connectivity index (χ0n) is 15.5. The predicted molar refractivity (Wildman–Crippen MR) is 102 cm³/mol. The summed E-state index contributed by atoms with van der Waals surface area (Å²) >= 11 is 0. The minimum Gasteiger partial charge on any atom is -0.486 e. The Bertz CT molecular complexity index is 1020. The molecule has 1 aromatic heterocycles. The van der Waals surface area contributed by atoms with Crippen molar-refractivity contribution >= 4 is 17.5 Å². The quantitative estimate of drug-likeness (QED) is 0.601. The molecule has 0 fully saturated rings. The standard InChI is InChI=1S/C21H17F3N2O4/c22-21(23,24)16-8-4-5-9-17(16)26-19(27)12-25-20(28)18-11-10-15(30-18)13-29-14-6-2-1-3-7-14/h1-11H,12-13H2,(H,25,28)(H,26,27). The maximum atomic E-state index is 13.0. The van der Waals surface area contributed by atoms with Gasteiger partial charge in [-0.05, 0) is 36.4 Å². The largest absolute Gasteiger partial charge is 0.486 e. The van der Waals surface area contributed by atoms with Crippen molar-refractivity contribution in [1.82, 2.24) is 5.32 Å². The summed E-state index contributed by atoms with van der Waals surface area (Å²) in [5.74, 6) is -0.507. The molecule has 156 valence electrons. The van der Waals surface area contributed by atoms with Crippen LogP contribution in [0, 0.1) is 0 Å². The van der Waals surface area contributed by atoms with Crippen molar-refractivity contribution in [2.45, 2.75) is 12.8 Å². The van der Waals surface area contributed by atoms with Gasteiger partial charge in [0.1, 0.15) is 18.1 Å². The average molecular weight is 418 g/mol. The third kappa shape index (κ3) is 5.63. The molecule has 6 nitrogen and oxygen atoms in total. The van der Waals surface area contributed by atoms with Crippen molar-refractivity contribution in [3.8, 4) is 5.75 Å². The molecular formula is C21H17F3N2O4. The Labute approximate surface area is 169 Å². The van der Waals surface area contributed by atoms with Gasteiger partial charge in [-0.2, -0.15) is 13.2 Å². The van der Waals surface area contributed by atoms with Crippen LogP contribution < -0.4 is 15.4 Å². The van der Waals surface area contributed by atoms with Gasteiger partial charge in [0.15, 0.2) is 5.76 Å². The topological polar surface area (TPSA) is 80.6 Å². The van der Waals surface area contributed by atoms with Crippen molar-refractivity contribution in [3.63, 3.8) is 0 Å². The molecule has 0 radical (unpaired) electrons. The number of alkyl halides is 3. The first-order chi connectivity index (χ1) is 14.3. The zero-order chi connectivity index (χ0) is 21.6. The molecule has 0 saturated carbocycles. The number of nitrogens with one attached hydrogen (secondary N) is 2. The number of ether oxygens (including phenoxy) is 1. The average Bonchev–Trinajstić information content (AvgIpc) is 3.20. The number of furan rings is 1. The van der Waals surface area contributed by atoms with E-state index in [1.54, 1.807) is 18.2 Å². The molecule has 3 aromatic rings. The second-order valence-electron chi connectivity index (χ2n) is 6.14. The van der Waals surface area contributed by atoms with E-state index in [-0.39, 0.29) is 18.1 Å². The van der Waals surface area contributed by atoms with Crippen LogP contribution in [0.15, 0.2) is 71.1 Å². The SMILES string of the molecule is O=C(CNC(=O)c1ccc(COc2ccccc2)o1)Nc1ccccc1C(F)(F)F. The maximum Gasteiger partial charge on any atom is 0.418 e. The van der Waals surface area contributed by atoms with Crippen LogP contribution in [-0.4, -0.2) is 18.4 Å². The van der Waals surface area contributed by atoms with Crippen molar-refractivity contribution in [1.29, 1.82) is 0 Å².